The molecule has 3 aromatic rings. The molecular formula is C21H21N7O3+2. The van der Waals surface area contributed by atoms with E-state index in [1.807, 2.05) is 24.3 Å². The second-order valence-electron chi connectivity index (χ2n) is 7.50. The zero-order valence-corrected chi connectivity index (χ0v) is 16.8. The van der Waals surface area contributed by atoms with Crippen LogP contribution in [0.5, 0.6) is 0 Å². The Morgan fingerprint density at radius 1 is 0.742 bits per heavy atom. The molecule has 1 N–H and O–H groups in total. The van der Waals surface area contributed by atoms with Gasteiger partial charge < -0.3 is 9.80 Å². The number of pyridine rings is 2. The minimum atomic E-state index is -0.530. The molecule has 0 aromatic carbocycles. The minimum Gasteiger partial charge on any atom is -0.312 e. The molecule has 5 rings (SSSR count). The molecule has 2 fully saturated rings. The van der Waals surface area contributed by atoms with E-state index < -0.39 is 5.69 Å². The molecule has 2 saturated heterocycles. The largest absolute Gasteiger partial charge is 0.483 e. The molecule has 2 aliphatic heterocycles. The number of carbonyl (C=O) groups is 2. The summed E-state index contributed by atoms with van der Waals surface area (Å²) in [7, 11) is 0. The van der Waals surface area contributed by atoms with Crippen LogP contribution in [0, 0.1) is 0 Å². The summed E-state index contributed by atoms with van der Waals surface area (Å²) < 4.78 is 3.29. The Hall–Kier alpha value is -3.95. The first kappa shape index (κ1) is 19.0. The number of carbonyl (C=O) groups excluding carboxylic acids is 2. The second-order valence-corrected chi connectivity index (χ2v) is 7.50. The molecule has 0 radical (unpaired) electrons. The first-order valence-corrected chi connectivity index (χ1v) is 10.2. The van der Waals surface area contributed by atoms with Crippen LogP contribution in [0.25, 0.3) is 11.9 Å². The quantitative estimate of drug-likeness (QED) is 0.598. The highest BCUT2D eigenvalue weighted by Crippen LogP contribution is 2.20. The van der Waals surface area contributed by atoms with Gasteiger partial charge in [-0.15, -0.1) is 0 Å². The number of H-pyrrole nitrogens is 1. The van der Waals surface area contributed by atoms with Crippen molar-refractivity contribution in [3.63, 3.8) is 0 Å². The molecule has 2 amide bonds. The van der Waals surface area contributed by atoms with Gasteiger partial charge in [0.2, 0.25) is 11.8 Å². The number of rotatable bonds is 4. The Morgan fingerprint density at radius 2 is 1.26 bits per heavy atom. The van der Waals surface area contributed by atoms with Gasteiger partial charge in [0.05, 0.1) is 24.8 Å². The van der Waals surface area contributed by atoms with E-state index in [4.69, 9.17) is 0 Å². The summed E-state index contributed by atoms with van der Waals surface area (Å²) in [5.74, 6) is 0.749. The zero-order chi connectivity index (χ0) is 21.4. The van der Waals surface area contributed by atoms with Crippen LogP contribution in [0.1, 0.15) is 25.7 Å². The number of nitrogens with one attached hydrogen (secondary N) is 1. The van der Waals surface area contributed by atoms with Gasteiger partial charge in [0.25, 0.3) is 0 Å². The van der Waals surface area contributed by atoms with Crippen molar-refractivity contribution in [2.24, 2.45) is 0 Å². The smallest absolute Gasteiger partial charge is 0.312 e. The van der Waals surface area contributed by atoms with Crippen molar-refractivity contribution in [2.45, 2.75) is 25.7 Å². The Bertz CT molecular complexity index is 1110. The van der Waals surface area contributed by atoms with Gasteiger partial charge >= 0.3 is 17.6 Å². The predicted molar refractivity (Wildman–Crippen MR) is 109 cm³/mol. The van der Waals surface area contributed by atoms with Crippen LogP contribution < -0.4 is 24.6 Å². The summed E-state index contributed by atoms with van der Waals surface area (Å²) in [5, 5.41) is 0. The van der Waals surface area contributed by atoms with E-state index in [0.717, 1.165) is 24.2 Å². The first-order valence-electron chi connectivity index (χ1n) is 10.2. The summed E-state index contributed by atoms with van der Waals surface area (Å²) in [6.45, 7) is 1.43. The number of aromatic amines is 1. The van der Waals surface area contributed by atoms with Gasteiger partial charge in [-0.05, 0) is 37.1 Å². The molecule has 0 bridgehead atoms. The van der Waals surface area contributed by atoms with Crippen molar-refractivity contribution in [3.05, 3.63) is 59.5 Å². The highest BCUT2D eigenvalue weighted by molar-refractivity contribution is 5.95. The molecule has 0 spiro atoms. The lowest BCUT2D eigenvalue weighted by Gasteiger charge is -2.15. The maximum absolute atomic E-state index is 12.2. The number of hydrogen-bond donors (Lipinski definition) is 1. The SMILES string of the molecule is O=C1CCCN1c1cc[n+](-c2nc(-[n+]3ccc(N4CCCC4=O)cc3)[nH]c(=O)n2)cc1. The van der Waals surface area contributed by atoms with E-state index >= 15 is 0 Å². The summed E-state index contributed by atoms with van der Waals surface area (Å²) in [6, 6.07) is 7.25. The molecule has 0 aliphatic carbocycles. The van der Waals surface area contributed by atoms with E-state index in [2.05, 4.69) is 15.0 Å². The second kappa shape index (κ2) is 7.71. The van der Waals surface area contributed by atoms with E-state index in [1.165, 1.54) is 0 Å². The zero-order valence-electron chi connectivity index (χ0n) is 16.8. The fraction of sp³-hybridized carbons (Fsp3) is 0.286. The van der Waals surface area contributed by atoms with Gasteiger partial charge in [-0.2, -0.15) is 4.98 Å². The van der Waals surface area contributed by atoms with Crippen molar-refractivity contribution < 1.29 is 18.7 Å². The van der Waals surface area contributed by atoms with Gasteiger partial charge in [-0.25, -0.2) is 13.9 Å². The van der Waals surface area contributed by atoms with Crippen molar-refractivity contribution in [2.75, 3.05) is 22.9 Å². The summed E-state index contributed by atoms with van der Waals surface area (Å²) in [4.78, 5) is 50.6. The standard InChI is InChI=1S/C21H20N7O3/c29-17-3-1-9-27(17)15-5-11-25(12-6-15)19-22-20(24-21(31)23-19)26-13-7-16(8-14-26)28-10-2-4-18(28)30/h5-8,11-14H,1-4,9-10H2/q+1/p+1. The molecule has 156 valence electrons. The Kier molecular flexibility index (Phi) is 4.73. The maximum atomic E-state index is 12.2. The van der Waals surface area contributed by atoms with Crippen molar-refractivity contribution in [1.82, 2.24) is 15.0 Å². The van der Waals surface area contributed by atoms with E-state index in [-0.39, 0.29) is 17.8 Å². The number of nitrogens with zero attached hydrogens (tertiary/aromatic N) is 6. The third-order valence-corrected chi connectivity index (χ3v) is 5.50. The minimum absolute atomic E-state index is 0.114. The monoisotopic (exact) mass is 419 g/mol. The molecule has 5 heterocycles. The summed E-state index contributed by atoms with van der Waals surface area (Å²) in [6.07, 6.45) is 9.80. The average molecular weight is 419 g/mol. The number of anilines is 2. The third kappa shape index (κ3) is 3.67. The number of aromatic nitrogens is 5. The van der Waals surface area contributed by atoms with Gasteiger partial charge in [0.15, 0.2) is 0 Å². The van der Waals surface area contributed by atoms with Gasteiger partial charge in [-0.1, -0.05) is 0 Å². The maximum Gasteiger partial charge on any atom is 0.483 e. The van der Waals surface area contributed by atoms with E-state index in [0.29, 0.717) is 31.9 Å². The van der Waals surface area contributed by atoms with Crippen molar-refractivity contribution >= 4 is 23.2 Å². The van der Waals surface area contributed by atoms with Crippen LogP contribution in [0.4, 0.5) is 11.4 Å². The fourth-order valence-corrected chi connectivity index (χ4v) is 3.91. The summed E-state index contributed by atoms with van der Waals surface area (Å²) >= 11 is 0. The van der Waals surface area contributed by atoms with Crippen LogP contribution in [0.3, 0.4) is 0 Å². The number of amides is 2. The Labute approximate surface area is 177 Å². The fourth-order valence-electron chi connectivity index (χ4n) is 3.91. The van der Waals surface area contributed by atoms with Crippen LogP contribution in [-0.4, -0.2) is 39.9 Å². The topological polar surface area (TPSA) is 107 Å². The molecule has 10 heteroatoms. The van der Waals surface area contributed by atoms with E-state index in [1.54, 1.807) is 43.7 Å². The summed E-state index contributed by atoms with van der Waals surface area (Å²) in [5.41, 5.74) is 1.10. The van der Waals surface area contributed by atoms with Crippen LogP contribution in [0.15, 0.2) is 53.8 Å². The first-order chi connectivity index (χ1) is 15.1. The molecule has 0 unspecified atom stereocenters. The van der Waals surface area contributed by atoms with Gasteiger partial charge in [-0.3, -0.25) is 9.59 Å². The highest BCUT2D eigenvalue weighted by Gasteiger charge is 2.25. The lowest BCUT2D eigenvalue weighted by atomic mass is 10.3. The highest BCUT2D eigenvalue weighted by atomic mass is 16.2. The molecule has 31 heavy (non-hydrogen) atoms. The normalized spacial score (nSPS) is 16.4. The van der Waals surface area contributed by atoms with Crippen LogP contribution in [-0.2, 0) is 9.59 Å². The molecule has 0 atom stereocenters. The molecule has 2 aliphatic rings. The molecule has 10 nitrogen and oxygen atoms in total. The average Bonchev–Trinajstić information content (AvgIpc) is 3.41. The lowest BCUT2D eigenvalue weighted by Crippen LogP contribution is -2.41. The number of hydrogen-bond acceptors (Lipinski definition) is 5. The van der Waals surface area contributed by atoms with Gasteiger partial charge in [0, 0.05) is 47.3 Å². The molecule has 0 saturated carbocycles. The van der Waals surface area contributed by atoms with Crippen molar-refractivity contribution in [1.29, 1.82) is 0 Å². The van der Waals surface area contributed by atoms with Gasteiger partial charge in [0.1, 0.15) is 0 Å². The molecular weight excluding hydrogens is 398 g/mol. The lowest BCUT2D eigenvalue weighted by molar-refractivity contribution is -0.616. The predicted octanol–water partition coefficient (Wildman–Crippen LogP) is -0.0281. The Morgan fingerprint density at radius 3 is 1.74 bits per heavy atom. The molecule has 3 aromatic heterocycles. The van der Waals surface area contributed by atoms with Crippen LogP contribution >= 0.6 is 0 Å². The van der Waals surface area contributed by atoms with E-state index in [9.17, 15) is 14.4 Å². The van der Waals surface area contributed by atoms with Crippen LogP contribution in [0.2, 0.25) is 0 Å². The Balaban J connectivity index is 1.42. The third-order valence-electron chi connectivity index (χ3n) is 5.50. The van der Waals surface area contributed by atoms with Crippen molar-refractivity contribution in [3.8, 4) is 11.9 Å².